The van der Waals surface area contributed by atoms with E-state index in [9.17, 15) is 0 Å². The van der Waals surface area contributed by atoms with Crippen LogP contribution in [0.2, 0.25) is 0 Å². The summed E-state index contributed by atoms with van der Waals surface area (Å²) in [6.07, 6.45) is 2.88. The Morgan fingerprint density at radius 1 is 1.43 bits per heavy atom. The van der Waals surface area contributed by atoms with Crippen molar-refractivity contribution in [2.24, 2.45) is 0 Å². The van der Waals surface area contributed by atoms with Gasteiger partial charge < -0.3 is 10.2 Å². The maximum absolute atomic E-state index is 4.25. The van der Waals surface area contributed by atoms with Crippen LogP contribution in [-0.2, 0) is 0 Å². The van der Waals surface area contributed by atoms with E-state index in [1.54, 1.807) is 6.20 Å². The van der Waals surface area contributed by atoms with Crippen molar-refractivity contribution >= 4 is 5.95 Å². The zero-order chi connectivity index (χ0) is 10.4. The minimum atomic E-state index is 0.726. The van der Waals surface area contributed by atoms with Crippen LogP contribution in [0.3, 0.4) is 0 Å². The van der Waals surface area contributed by atoms with Crippen LogP contribution in [0.15, 0.2) is 12.3 Å². The van der Waals surface area contributed by atoms with E-state index >= 15 is 0 Å². The number of aryl methyl sites for hydroxylation is 1. The summed E-state index contributed by atoms with van der Waals surface area (Å²) in [5.41, 5.74) is 0.995. The van der Waals surface area contributed by atoms with Gasteiger partial charge in [0, 0.05) is 18.4 Å². The lowest BCUT2D eigenvalue weighted by molar-refractivity contribution is 0.405. The van der Waals surface area contributed by atoms with Gasteiger partial charge in [0.15, 0.2) is 0 Å². The lowest BCUT2D eigenvalue weighted by Crippen LogP contribution is -2.17. The molecule has 0 aromatic carbocycles. The first-order valence-corrected chi connectivity index (χ1v) is 4.87. The van der Waals surface area contributed by atoms with Crippen LogP contribution >= 0.6 is 0 Å². The lowest BCUT2D eigenvalue weighted by Gasteiger charge is -2.09. The van der Waals surface area contributed by atoms with Crippen molar-refractivity contribution in [2.45, 2.75) is 13.3 Å². The van der Waals surface area contributed by atoms with Gasteiger partial charge >= 0.3 is 0 Å². The second kappa shape index (κ2) is 5.54. The van der Waals surface area contributed by atoms with Gasteiger partial charge in [0.1, 0.15) is 0 Å². The molecule has 0 saturated carbocycles. The zero-order valence-corrected chi connectivity index (χ0v) is 9.12. The molecule has 1 heterocycles. The van der Waals surface area contributed by atoms with Crippen molar-refractivity contribution in [1.82, 2.24) is 14.9 Å². The van der Waals surface area contributed by atoms with E-state index in [1.165, 1.54) is 0 Å². The minimum Gasteiger partial charge on any atom is -0.354 e. The minimum absolute atomic E-state index is 0.726. The van der Waals surface area contributed by atoms with E-state index in [4.69, 9.17) is 0 Å². The summed E-state index contributed by atoms with van der Waals surface area (Å²) in [6, 6.07) is 1.89. The number of aromatic nitrogens is 2. The second-order valence-corrected chi connectivity index (χ2v) is 3.61. The van der Waals surface area contributed by atoms with E-state index in [2.05, 4.69) is 34.3 Å². The summed E-state index contributed by atoms with van der Waals surface area (Å²) in [6.45, 7) is 3.97. The monoisotopic (exact) mass is 194 g/mol. The molecule has 0 amide bonds. The van der Waals surface area contributed by atoms with Crippen LogP contribution < -0.4 is 5.32 Å². The van der Waals surface area contributed by atoms with E-state index < -0.39 is 0 Å². The van der Waals surface area contributed by atoms with E-state index in [0.717, 1.165) is 31.2 Å². The third-order valence-electron chi connectivity index (χ3n) is 1.86. The number of rotatable bonds is 5. The van der Waals surface area contributed by atoms with Gasteiger partial charge in [-0.25, -0.2) is 9.97 Å². The first-order valence-electron chi connectivity index (χ1n) is 4.87. The standard InChI is InChI=1S/C10H18N4/c1-9-5-7-12-10(13-9)11-6-4-8-14(2)3/h5,7H,4,6,8H2,1-3H3,(H,11,12,13). The molecular weight excluding hydrogens is 176 g/mol. The van der Waals surface area contributed by atoms with Crippen molar-refractivity contribution in [3.8, 4) is 0 Å². The Labute approximate surface area is 85.4 Å². The van der Waals surface area contributed by atoms with Crippen LogP contribution in [-0.4, -0.2) is 42.1 Å². The zero-order valence-electron chi connectivity index (χ0n) is 9.12. The van der Waals surface area contributed by atoms with Crippen molar-refractivity contribution in [1.29, 1.82) is 0 Å². The molecular formula is C10H18N4. The smallest absolute Gasteiger partial charge is 0.222 e. The molecule has 0 atom stereocenters. The fourth-order valence-electron chi connectivity index (χ4n) is 1.13. The third-order valence-corrected chi connectivity index (χ3v) is 1.86. The van der Waals surface area contributed by atoms with E-state index in [0.29, 0.717) is 0 Å². The predicted molar refractivity (Wildman–Crippen MR) is 58.4 cm³/mol. The van der Waals surface area contributed by atoms with Gasteiger partial charge in [-0.2, -0.15) is 0 Å². The first-order chi connectivity index (χ1) is 6.68. The summed E-state index contributed by atoms with van der Waals surface area (Å²) in [4.78, 5) is 10.5. The Hall–Kier alpha value is -1.16. The summed E-state index contributed by atoms with van der Waals surface area (Å²) in [7, 11) is 4.15. The van der Waals surface area contributed by atoms with Gasteiger partial charge in [0.25, 0.3) is 0 Å². The Morgan fingerprint density at radius 3 is 2.86 bits per heavy atom. The van der Waals surface area contributed by atoms with Gasteiger partial charge in [0.2, 0.25) is 5.95 Å². The SMILES string of the molecule is Cc1ccnc(NCCCN(C)C)n1. The van der Waals surface area contributed by atoms with Crippen LogP contribution in [0.25, 0.3) is 0 Å². The number of nitrogens with one attached hydrogen (secondary N) is 1. The van der Waals surface area contributed by atoms with Crippen molar-refractivity contribution in [3.05, 3.63) is 18.0 Å². The normalized spacial score (nSPS) is 10.6. The number of hydrogen-bond acceptors (Lipinski definition) is 4. The Balaban J connectivity index is 2.25. The quantitative estimate of drug-likeness (QED) is 0.714. The molecule has 1 rings (SSSR count). The Morgan fingerprint density at radius 2 is 2.21 bits per heavy atom. The molecule has 1 aromatic heterocycles. The predicted octanol–water partition coefficient (Wildman–Crippen LogP) is 1.15. The highest BCUT2D eigenvalue weighted by Crippen LogP contribution is 1.98. The first kappa shape index (κ1) is 10.9. The van der Waals surface area contributed by atoms with Gasteiger partial charge in [0.05, 0.1) is 0 Å². The van der Waals surface area contributed by atoms with Crippen molar-refractivity contribution < 1.29 is 0 Å². The van der Waals surface area contributed by atoms with Crippen LogP contribution in [0, 0.1) is 6.92 Å². The van der Waals surface area contributed by atoms with Gasteiger partial charge in [-0.05, 0) is 40.1 Å². The fourth-order valence-corrected chi connectivity index (χ4v) is 1.13. The molecule has 0 unspecified atom stereocenters. The molecule has 0 radical (unpaired) electrons. The average Bonchev–Trinajstić information content (AvgIpc) is 2.12. The number of anilines is 1. The molecule has 0 aliphatic carbocycles. The molecule has 4 nitrogen and oxygen atoms in total. The summed E-state index contributed by atoms with van der Waals surface area (Å²) >= 11 is 0. The lowest BCUT2D eigenvalue weighted by atomic mass is 10.4. The second-order valence-electron chi connectivity index (χ2n) is 3.61. The van der Waals surface area contributed by atoms with E-state index in [-0.39, 0.29) is 0 Å². The van der Waals surface area contributed by atoms with Gasteiger partial charge in [-0.1, -0.05) is 0 Å². The van der Waals surface area contributed by atoms with Crippen molar-refractivity contribution in [2.75, 3.05) is 32.5 Å². The number of hydrogen-bond donors (Lipinski definition) is 1. The maximum Gasteiger partial charge on any atom is 0.222 e. The Kier molecular flexibility index (Phi) is 4.32. The van der Waals surface area contributed by atoms with Gasteiger partial charge in [-0.15, -0.1) is 0 Å². The average molecular weight is 194 g/mol. The molecule has 1 aromatic rings. The highest BCUT2D eigenvalue weighted by Gasteiger charge is 1.95. The molecule has 14 heavy (non-hydrogen) atoms. The molecule has 0 aliphatic heterocycles. The van der Waals surface area contributed by atoms with Gasteiger partial charge in [-0.3, -0.25) is 0 Å². The third kappa shape index (κ3) is 4.18. The highest BCUT2D eigenvalue weighted by molar-refractivity contribution is 5.24. The fraction of sp³-hybridized carbons (Fsp3) is 0.600. The van der Waals surface area contributed by atoms with E-state index in [1.807, 2.05) is 13.0 Å². The topological polar surface area (TPSA) is 41.1 Å². The molecule has 0 saturated heterocycles. The van der Waals surface area contributed by atoms with Crippen LogP contribution in [0.5, 0.6) is 0 Å². The molecule has 1 N–H and O–H groups in total. The van der Waals surface area contributed by atoms with Crippen LogP contribution in [0.1, 0.15) is 12.1 Å². The summed E-state index contributed by atoms with van der Waals surface area (Å²) in [5, 5.41) is 3.19. The summed E-state index contributed by atoms with van der Waals surface area (Å²) in [5.74, 6) is 0.726. The largest absolute Gasteiger partial charge is 0.354 e. The Bertz CT molecular complexity index is 273. The highest BCUT2D eigenvalue weighted by atomic mass is 15.1. The molecule has 0 fully saturated rings. The molecule has 4 heteroatoms. The number of nitrogens with zero attached hydrogens (tertiary/aromatic N) is 3. The maximum atomic E-state index is 4.25. The molecule has 0 spiro atoms. The van der Waals surface area contributed by atoms with Crippen molar-refractivity contribution in [3.63, 3.8) is 0 Å². The molecule has 78 valence electrons. The molecule has 0 bridgehead atoms. The summed E-state index contributed by atoms with van der Waals surface area (Å²) < 4.78 is 0. The molecule has 0 aliphatic rings. The van der Waals surface area contributed by atoms with Crippen LogP contribution in [0.4, 0.5) is 5.95 Å².